The summed E-state index contributed by atoms with van der Waals surface area (Å²) in [5, 5.41) is 20.2. The molecule has 0 unspecified atom stereocenters. The zero-order chi connectivity index (χ0) is 28.4. The zero-order valence-corrected chi connectivity index (χ0v) is 25.6. The van der Waals surface area contributed by atoms with E-state index in [0.29, 0.717) is 6.42 Å². The fraction of sp³-hybridized carbons (Fsp3) is 0.848. The molecule has 0 spiro atoms. The van der Waals surface area contributed by atoms with E-state index in [1.807, 2.05) is 13.0 Å². The number of rotatable bonds is 12. The molecule has 0 saturated heterocycles. The first-order chi connectivity index (χ1) is 16.9. The fourth-order valence-corrected chi connectivity index (χ4v) is 7.95. The summed E-state index contributed by atoms with van der Waals surface area (Å²) in [6.45, 7) is 22.2. The van der Waals surface area contributed by atoms with Crippen LogP contribution >= 0.6 is 0 Å². The molecule has 0 aromatic rings. The highest BCUT2D eigenvalue weighted by molar-refractivity contribution is 6.01. The third kappa shape index (κ3) is 6.41. The Balaban J connectivity index is 2.40. The number of carbonyl (C=O) groups is 2. The maximum atomic E-state index is 12.9. The molecule has 0 aromatic heterocycles. The third-order valence-corrected chi connectivity index (χ3v) is 11.3. The van der Waals surface area contributed by atoms with Crippen molar-refractivity contribution >= 4 is 11.6 Å². The van der Waals surface area contributed by atoms with Crippen LogP contribution in [0.2, 0.25) is 0 Å². The summed E-state index contributed by atoms with van der Waals surface area (Å²) >= 11 is 0. The van der Waals surface area contributed by atoms with E-state index in [-0.39, 0.29) is 68.6 Å². The number of nitrogens with zero attached hydrogens (tertiary/aromatic N) is 1. The number of Topliss-reactive ketones (excluding diaryl/α,β-unsaturated/α-hetero) is 2. The second-order valence-electron chi connectivity index (χ2n) is 15.0. The van der Waals surface area contributed by atoms with E-state index in [4.69, 9.17) is 0 Å². The van der Waals surface area contributed by atoms with Crippen molar-refractivity contribution in [2.24, 2.45) is 44.8 Å². The van der Waals surface area contributed by atoms with Crippen LogP contribution in [-0.2, 0) is 9.59 Å². The molecule has 0 aliphatic heterocycles. The van der Waals surface area contributed by atoms with E-state index in [0.717, 1.165) is 38.5 Å². The van der Waals surface area contributed by atoms with Gasteiger partial charge in [-0.05, 0) is 90.8 Å². The molecular weight excluding hydrogens is 458 g/mol. The monoisotopic (exact) mass is 513 g/mol. The lowest BCUT2D eigenvalue weighted by Gasteiger charge is -2.62. The molecule has 6 atom stereocenters. The highest BCUT2D eigenvalue weighted by atomic mass is 16.3. The van der Waals surface area contributed by atoms with Crippen molar-refractivity contribution in [1.29, 1.82) is 5.26 Å². The minimum absolute atomic E-state index is 0.0425. The third-order valence-electron chi connectivity index (χ3n) is 11.3. The molecule has 1 fully saturated rings. The van der Waals surface area contributed by atoms with Gasteiger partial charge < -0.3 is 9.90 Å². The highest BCUT2D eigenvalue weighted by Gasteiger charge is 2.60. The van der Waals surface area contributed by atoms with Crippen LogP contribution in [0.3, 0.4) is 0 Å². The molecule has 37 heavy (non-hydrogen) atoms. The largest absolute Gasteiger partial charge is 0.396 e. The van der Waals surface area contributed by atoms with Gasteiger partial charge in [0, 0.05) is 18.9 Å². The number of hydrogen-bond donors (Lipinski definition) is 1. The first-order valence-corrected chi connectivity index (χ1v) is 14.7. The van der Waals surface area contributed by atoms with Crippen molar-refractivity contribution in [3.63, 3.8) is 0 Å². The second-order valence-corrected chi connectivity index (χ2v) is 15.0. The summed E-state index contributed by atoms with van der Waals surface area (Å²) < 4.78 is 0. The molecule has 1 saturated carbocycles. The van der Waals surface area contributed by atoms with Crippen molar-refractivity contribution in [3.8, 4) is 6.07 Å². The van der Waals surface area contributed by atoms with Crippen molar-refractivity contribution in [2.45, 2.75) is 127 Å². The van der Waals surface area contributed by atoms with Crippen molar-refractivity contribution < 1.29 is 14.7 Å². The lowest BCUT2D eigenvalue weighted by molar-refractivity contribution is -0.145. The van der Waals surface area contributed by atoms with Gasteiger partial charge in [0.2, 0.25) is 0 Å². The summed E-state index contributed by atoms with van der Waals surface area (Å²) in [4.78, 5) is 25.5. The van der Waals surface area contributed by atoms with Gasteiger partial charge in [-0.25, -0.2) is 0 Å². The summed E-state index contributed by atoms with van der Waals surface area (Å²) in [5.41, 5.74) is -0.175. The van der Waals surface area contributed by atoms with Crippen molar-refractivity contribution in [2.75, 3.05) is 6.61 Å². The van der Waals surface area contributed by atoms with Gasteiger partial charge in [0.25, 0.3) is 0 Å². The van der Waals surface area contributed by atoms with Crippen molar-refractivity contribution in [3.05, 3.63) is 11.6 Å². The van der Waals surface area contributed by atoms with E-state index >= 15 is 0 Å². The van der Waals surface area contributed by atoms with Gasteiger partial charge >= 0.3 is 0 Å². The molecule has 2 rings (SSSR count). The quantitative estimate of drug-likeness (QED) is 0.286. The Bertz CT molecular complexity index is 924. The Morgan fingerprint density at radius 1 is 1.11 bits per heavy atom. The molecule has 0 heterocycles. The minimum atomic E-state index is -0.376. The lowest BCUT2D eigenvalue weighted by Crippen LogP contribution is -2.57. The molecule has 0 bridgehead atoms. The van der Waals surface area contributed by atoms with Crippen LogP contribution in [-0.4, -0.2) is 23.3 Å². The van der Waals surface area contributed by atoms with E-state index in [1.54, 1.807) is 6.92 Å². The second kappa shape index (κ2) is 11.3. The molecule has 2 aliphatic carbocycles. The molecule has 0 amide bonds. The number of hydrogen-bond acceptors (Lipinski definition) is 4. The van der Waals surface area contributed by atoms with Crippen molar-refractivity contribution in [1.82, 2.24) is 0 Å². The summed E-state index contributed by atoms with van der Waals surface area (Å²) in [7, 11) is 0. The first-order valence-electron chi connectivity index (χ1n) is 14.7. The van der Waals surface area contributed by atoms with Gasteiger partial charge in [0.05, 0.1) is 5.57 Å². The van der Waals surface area contributed by atoms with Crippen LogP contribution in [0.15, 0.2) is 11.6 Å². The average Bonchev–Trinajstić information content (AvgIpc) is 2.81. The van der Waals surface area contributed by atoms with Gasteiger partial charge in [-0.3, -0.25) is 4.79 Å². The Morgan fingerprint density at radius 3 is 2.22 bits per heavy atom. The predicted octanol–water partition coefficient (Wildman–Crippen LogP) is 8.08. The predicted molar refractivity (Wildman–Crippen MR) is 152 cm³/mol. The number of aliphatic hydroxyl groups excluding tert-OH is 1. The van der Waals surface area contributed by atoms with Crippen LogP contribution < -0.4 is 0 Å². The van der Waals surface area contributed by atoms with Crippen LogP contribution in [0, 0.1) is 56.2 Å². The maximum Gasteiger partial charge on any atom is 0.176 e. The summed E-state index contributed by atoms with van der Waals surface area (Å²) in [6, 6.07) is 2.17. The van der Waals surface area contributed by atoms with Gasteiger partial charge in [0.15, 0.2) is 5.78 Å². The number of allylic oxidation sites excluding steroid dienone is 2. The molecule has 4 heteroatoms. The lowest BCUT2D eigenvalue weighted by atomic mass is 9.41. The molecule has 1 N–H and O–H groups in total. The Morgan fingerprint density at radius 2 is 1.70 bits per heavy atom. The van der Waals surface area contributed by atoms with Crippen LogP contribution in [0.25, 0.3) is 0 Å². The smallest absolute Gasteiger partial charge is 0.176 e. The van der Waals surface area contributed by atoms with Gasteiger partial charge in [-0.2, -0.15) is 5.26 Å². The molecule has 210 valence electrons. The Kier molecular flexibility index (Phi) is 9.72. The number of nitriles is 1. The van der Waals surface area contributed by atoms with Gasteiger partial charge in [-0.1, -0.05) is 74.8 Å². The Hall–Kier alpha value is -1.47. The molecule has 0 radical (unpaired) electrons. The first kappa shape index (κ1) is 31.7. The van der Waals surface area contributed by atoms with E-state index in [1.165, 1.54) is 12.8 Å². The number of carbonyl (C=O) groups excluding carboxylic acids is 2. The topological polar surface area (TPSA) is 78.2 Å². The summed E-state index contributed by atoms with van der Waals surface area (Å²) in [6.07, 6.45) is 10.7. The molecular formula is C33H55NO3. The Labute approximate surface area is 227 Å². The minimum Gasteiger partial charge on any atom is -0.396 e. The van der Waals surface area contributed by atoms with E-state index in [9.17, 15) is 20.0 Å². The van der Waals surface area contributed by atoms with Crippen LogP contribution in [0.1, 0.15) is 127 Å². The SMILES string of the molecule is CCCC(C)(C)CC[C@](C)(CO)CCC(C)(C)[C@]1(C)CC[C@H]2[C@H](C)C(=O)C(C#N)=C[C@]2(C)[C@H]1CC(C)=O. The van der Waals surface area contributed by atoms with E-state index in [2.05, 4.69) is 61.5 Å². The van der Waals surface area contributed by atoms with E-state index < -0.39 is 0 Å². The molecule has 2 aliphatic rings. The fourth-order valence-electron chi connectivity index (χ4n) is 7.95. The number of fused-ring (bicyclic) bond motifs is 1. The number of ketones is 2. The van der Waals surface area contributed by atoms with Crippen LogP contribution in [0.5, 0.6) is 0 Å². The highest BCUT2D eigenvalue weighted by Crippen LogP contribution is 2.66. The standard InChI is InChI=1S/C33H55NO3/c1-11-13-29(4,5)15-17-31(8,22-35)18-16-30(6,7)33(10)14-12-26-24(3)28(37)25(21-34)20-32(26,9)27(33)19-23(2)36/h20,24,26-27,35H,11-19,22H2,1-10H3/t24-,26-,27+,31-,32-,33+/m0/s1. The maximum absolute atomic E-state index is 12.9. The molecule has 4 nitrogen and oxygen atoms in total. The zero-order valence-electron chi connectivity index (χ0n) is 25.6. The number of aliphatic hydroxyl groups is 1. The normalized spacial score (nSPS) is 32.2. The average molecular weight is 514 g/mol. The van der Waals surface area contributed by atoms with Gasteiger partial charge in [0.1, 0.15) is 11.9 Å². The van der Waals surface area contributed by atoms with Crippen LogP contribution in [0.4, 0.5) is 0 Å². The molecule has 0 aromatic carbocycles. The summed E-state index contributed by atoms with van der Waals surface area (Å²) in [5.74, 6) is 0.126. The van der Waals surface area contributed by atoms with Gasteiger partial charge in [-0.15, -0.1) is 0 Å².